The van der Waals surface area contributed by atoms with Gasteiger partial charge in [-0.2, -0.15) is 0 Å². The molecule has 0 aliphatic heterocycles. The van der Waals surface area contributed by atoms with E-state index in [0.29, 0.717) is 11.3 Å². The molecule has 0 fully saturated rings. The molecule has 1 N–H and O–H groups in total. The monoisotopic (exact) mass is 313 g/mol. The molecule has 18 heavy (non-hydrogen) atoms. The highest BCUT2D eigenvalue weighted by Crippen LogP contribution is 2.16. The van der Waals surface area contributed by atoms with Crippen molar-refractivity contribution in [3.63, 3.8) is 0 Å². The van der Waals surface area contributed by atoms with Crippen LogP contribution in [0.25, 0.3) is 0 Å². The average molecular weight is 314 g/mol. The van der Waals surface area contributed by atoms with Crippen molar-refractivity contribution in [2.75, 3.05) is 19.0 Å². The topological polar surface area (TPSA) is 38.3 Å². The van der Waals surface area contributed by atoms with Gasteiger partial charge in [-0.3, -0.25) is 4.79 Å². The van der Waals surface area contributed by atoms with Gasteiger partial charge in [-0.05, 0) is 25.0 Å². The molecule has 1 amide bonds. The van der Waals surface area contributed by atoms with E-state index in [-0.39, 0.29) is 5.91 Å². The molecule has 0 aliphatic carbocycles. The molecule has 1 aromatic carbocycles. The Bertz CT molecular complexity index is 369. The maximum absolute atomic E-state index is 11.9. The molecule has 0 aromatic heterocycles. The minimum absolute atomic E-state index is 0.0621. The molecule has 0 spiro atoms. The van der Waals surface area contributed by atoms with E-state index in [1.165, 1.54) is 12.8 Å². The summed E-state index contributed by atoms with van der Waals surface area (Å²) in [5.41, 5.74) is 0.598. The number of halogens is 1. The van der Waals surface area contributed by atoms with Gasteiger partial charge in [0, 0.05) is 11.9 Å². The molecule has 0 saturated carbocycles. The summed E-state index contributed by atoms with van der Waals surface area (Å²) in [4.78, 5) is 11.9. The Morgan fingerprint density at radius 3 is 2.67 bits per heavy atom. The van der Waals surface area contributed by atoms with Crippen LogP contribution < -0.4 is 10.1 Å². The van der Waals surface area contributed by atoms with Crippen LogP contribution in [0.4, 0.5) is 0 Å². The van der Waals surface area contributed by atoms with Crippen LogP contribution in [0.5, 0.6) is 5.75 Å². The molecule has 4 heteroatoms. The fourth-order valence-electron chi connectivity index (χ4n) is 1.70. The molecule has 1 rings (SSSR count). The highest BCUT2D eigenvalue weighted by molar-refractivity contribution is 9.09. The zero-order valence-corrected chi connectivity index (χ0v) is 12.3. The van der Waals surface area contributed by atoms with Crippen LogP contribution in [0.3, 0.4) is 0 Å². The summed E-state index contributed by atoms with van der Waals surface area (Å²) in [5, 5.41) is 3.98. The number of rotatable bonds is 8. The summed E-state index contributed by atoms with van der Waals surface area (Å²) in [7, 11) is 1.58. The van der Waals surface area contributed by atoms with Gasteiger partial charge in [-0.25, -0.2) is 0 Å². The third kappa shape index (κ3) is 5.08. The van der Waals surface area contributed by atoms with Crippen molar-refractivity contribution in [1.82, 2.24) is 5.32 Å². The van der Waals surface area contributed by atoms with Crippen LogP contribution in [0.1, 0.15) is 36.0 Å². The molecule has 0 aliphatic rings. The van der Waals surface area contributed by atoms with Crippen LogP contribution in [0.15, 0.2) is 24.3 Å². The van der Waals surface area contributed by atoms with E-state index in [1.54, 1.807) is 19.2 Å². The van der Waals surface area contributed by atoms with Crippen molar-refractivity contribution in [3.05, 3.63) is 29.8 Å². The molecule has 0 heterocycles. The lowest BCUT2D eigenvalue weighted by Crippen LogP contribution is -2.24. The summed E-state index contributed by atoms with van der Waals surface area (Å²) in [6, 6.07) is 7.27. The lowest BCUT2D eigenvalue weighted by atomic mass is 10.1. The summed E-state index contributed by atoms with van der Waals surface area (Å²) in [6.07, 6.45) is 4.57. The van der Waals surface area contributed by atoms with E-state index in [1.807, 2.05) is 12.1 Å². The lowest BCUT2D eigenvalue weighted by molar-refractivity contribution is 0.0950. The number of nitrogens with one attached hydrogen (secondary N) is 1. The van der Waals surface area contributed by atoms with Crippen molar-refractivity contribution in [3.8, 4) is 5.75 Å². The SMILES string of the molecule is COc1ccccc1C(=O)NCCCCCCBr. The van der Waals surface area contributed by atoms with Crippen molar-refractivity contribution in [1.29, 1.82) is 0 Å². The van der Waals surface area contributed by atoms with Crippen molar-refractivity contribution in [2.24, 2.45) is 0 Å². The normalized spacial score (nSPS) is 10.1. The first-order valence-corrected chi connectivity index (χ1v) is 7.39. The van der Waals surface area contributed by atoms with Gasteiger partial charge in [-0.15, -0.1) is 0 Å². The van der Waals surface area contributed by atoms with Gasteiger partial charge in [0.1, 0.15) is 5.75 Å². The number of carbonyl (C=O) groups is 1. The minimum Gasteiger partial charge on any atom is -0.496 e. The number of alkyl halides is 1. The predicted molar refractivity (Wildman–Crippen MR) is 77.6 cm³/mol. The Morgan fingerprint density at radius 1 is 1.22 bits per heavy atom. The zero-order valence-electron chi connectivity index (χ0n) is 10.7. The maximum atomic E-state index is 11.9. The number of para-hydroxylation sites is 1. The van der Waals surface area contributed by atoms with Gasteiger partial charge >= 0.3 is 0 Å². The number of methoxy groups -OCH3 is 1. The number of amides is 1. The van der Waals surface area contributed by atoms with Crippen LogP contribution >= 0.6 is 15.9 Å². The first-order valence-electron chi connectivity index (χ1n) is 6.26. The number of hydrogen-bond acceptors (Lipinski definition) is 2. The Balaban J connectivity index is 2.32. The van der Waals surface area contributed by atoms with Gasteiger partial charge < -0.3 is 10.1 Å². The van der Waals surface area contributed by atoms with E-state index < -0.39 is 0 Å². The Labute approximate surface area is 117 Å². The third-order valence-electron chi connectivity index (χ3n) is 2.70. The number of unbranched alkanes of at least 4 members (excludes halogenated alkanes) is 3. The molecule has 3 nitrogen and oxygen atoms in total. The number of benzene rings is 1. The van der Waals surface area contributed by atoms with E-state index in [9.17, 15) is 4.79 Å². The number of hydrogen-bond donors (Lipinski definition) is 1. The molecule has 1 aromatic rings. The highest BCUT2D eigenvalue weighted by atomic mass is 79.9. The largest absolute Gasteiger partial charge is 0.496 e. The quantitative estimate of drug-likeness (QED) is 0.590. The van der Waals surface area contributed by atoms with E-state index in [2.05, 4.69) is 21.2 Å². The van der Waals surface area contributed by atoms with Crippen LogP contribution in [-0.2, 0) is 0 Å². The summed E-state index contributed by atoms with van der Waals surface area (Å²) in [6.45, 7) is 0.721. The second-order valence-electron chi connectivity index (χ2n) is 4.06. The summed E-state index contributed by atoms with van der Waals surface area (Å²) < 4.78 is 5.16. The van der Waals surface area contributed by atoms with Gasteiger partial charge in [0.25, 0.3) is 5.91 Å². The fraction of sp³-hybridized carbons (Fsp3) is 0.500. The molecule has 0 bridgehead atoms. The first-order chi connectivity index (χ1) is 8.79. The fourth-order valence-corrected chi connectivity index (χ4v) is 2.10. The second kappa shape index (κ2) is 8.97. The molecule has 0 radical (unpaired) electrons. The molecule has 0 unspecified atom stereocenters. The number of carbonyl (C=O) groups excluding carboxylic acids is 1. The van der Waals surface area contributed by atoms with E-state index in [4.69, 9.17) is 4.74 Å². The standard InChI is InChI=1S/C14H20BrNO2/c1-18-13-9-5-4-8-12(13)14(17)16-11-7-3-2-6-10-15/h4-5,8-9H,2-3,6-7,10-11H2,1H3,(H,16,17). The van der Waals surface area contributed by atoms with Gasteiger partial charge in [0.05, 0.1) is 12.7 Å². The Hall–Kier alpha value is -1.03. The van der Waals surface area contributed by atoms with Gasteiger partial charge in [0.15, 0.2) is 0 Å². The van der Waals surface area contributed by atoms with Gasteiger partial charge in [0.2, 0.25) is 0 Å². The molecule has 100 valence electrons. The molecular formula is C14H20BrNO2. The highest BCUT2D eigenvalue weighted by Gasteiger charge is 2.09. The Morgan fingerprint density at radius 2 is 1.94 bits per heavy atom. The average Bonchev–Trinajstić information content (AvgIpc) is 2.42. The third-order valence-corrected chi connectivity index (χ3v) is 3.26. The van der Waals surface area contributed by atoms with Crippen molar-refractivity contribution >= 4 is 21.8 Å². The summed E-state index contributed by atoms with van der Waals surface area (Å²) >= 11 is 3.40. The second-order valence-corrected chi connectivity index (χ2v) is 4.85. The van der Waals surface area contributed by atoms with E-state index >= 15 is 0 Å². The van der Waals surface area contributed by atoms with Crippen LogP contribution in [0.2, 0.25) is 0 Å². The predicted octanol–water partition coefficient (Wildman–Crippen LogP) is 3.38. The smallest absolute Gasteiger partial charge is 0.255 e. The maximum Gasteiger partial charge on any atom is 0.255 e. The van der Waals surface area contributed by atoms with Crippen LogP contribution in [-0.4, -0.2) is 24.9 Å². The van der Waals surface area contributed by atoms with Crippen LogP contribution in [0, 0.1) is 0 Å². The molecular weight excluding hydrogens is 294 g/mol. The van der Waals surface area contributed by atoms with Crippen molar-refractivity contribution < 1.29 is 9.53 Å². The molecule has 0 atom stereocenters. The van der Waals surface area contributed by atoms with E-state index in [0.717, 1.165) is 24.7 Å². The number of ether oxygens (including phenoxy) is 1. The summed E-state index contributed by atoms with van der Waals surface area (Å²) in [5.74, 6) is 0.558. The zero-order chi connectivity index (χ0) is 13.2. The van der Waals surface area contributed by atoms with Crippen molar-refractivity contribution in [2.45, 2.75) is 25.7 Å². The first kappa shape index (κ1) is 15.0. The Kier molecular flexibility index (Phi) is 7.49. The molecule has 0 saturated heterocycles. The lowest BCUT2D eigenvalue weighted by Gasteiger charge is -2.08. The minimum atomic E-state index is -0.0621. The van der Waals surface area contributed by atoms with Gasteiger partial charge in [-0.1, -0.05) is 40.9 Å².